The zero-order valence-corrected chi connectivity index (χ0v) is 15.4. The lowest BCUT2D eigenvalue weighted by Crippen LogP contribution is -2.47. The molecule has 1 aromatic carbocycles. The summed E-state index contributed by atoms with van der Waals surface area (Å²) in [5.41, 5.74) is 0.897. The number of aliphatic hydroxyl groups excluding tert-OH is 1. The van der Waals surface area contributed by atoms with E-state index in [0.717, 1.165) is 19.5 Å². The number of hydrogen-bond donors (Lipinski definition) is 1. The van der Waals surface area contributed by atoms with Gasteiger partial charge in [-0.1, -0.05) is 6.07 Å². The van der Waals surface area contributed by atoms with Crippen LogP contribution < -0.4 is 0 Å². The minimum Gasteiger partial charge on any atom is -0.396 e. The molecule has 1 aliphatic heterocycles. The summed E-state index contributed by atoms with van der Waals surface area (Å²) in [6.07, 6.45) is 0.889. The van der Waals surface area contributed by atoms with Gasteiger partial charge in [0.1, 0.15) is 5.82 Å². The first-order valence-corrected chi connectivity index (χ1v) is 8.78. The molecule has 0 aromatic heterocycles. The summed E-state index contributed by atoms with van der Waals surface area (Å²) in [4.78, 5) is 16.7. The van der Waals surface area contributed by atoms with Crippen molar-refractivity contribution in [2.45, 2.75) is 13.3 Å². The third-order valence-electron chi connectivity index (χ3n) is 4.84. The van der Waals surface area contributed by atoms with Crippen LogP contribution in [0, 0.1) is 24.6 Å². The molecule has 0 spiro atoms. The van der Waals surface area contributed by atoms with Crippen LogP contribution in [0.1, 0.15) is 22.3 Å². The van der Waals surface area contributed by atoms with Crippen LogP contribution in [0.2, 0.25) is 0 Å². The van der Waals surface area contributed by atoms with Gasteiger partial charge in [-0.25, -0.2) is 4.39 Å². The normalized spacial score (nSPS) is 21.0. The molecule has 0 bridgehead atoms. The molecule has 1 amide bonds. The second-order valence-electron chi connectivity index (χ2n) is 7.08. The van der Waals surface area contributed by atoms with Gasteiger partial charge in [-0.3, -0.25) is 4.79 Å². The first-order valence-electron chi connectivity index (χ1n) is 8.78. The van der Waals surface area contributed by atoms with E-state index >= 15 is 0 Å². The SMILES string of the molecule is COCCN(C)C[C@H]1C[C@@H](CO)CN(C(=O)c2ccc(C)c(F)c2)C1. The van der Waals surface area contributed by atoms with Gasteiger partial charge in [-0.2, -0.15) is 0 Å². The first-order chi connectivity index (χ1) is 11.9. The van der Waals surface area contributed by atoms with Crippen molar-refractivity contribution in [1.82, 2.24) is 9.80 Å². The molecule has 1 heterocycles. The fourth-order valence-corrected chi connectivity index (χ4v) is 3.44. The van der Waals surface area contributed by atoms with Gasteiger partial charge < -0.3 is 19.6 Å². The molecule has 25 heavy (non-hydrogen) atoms. The predicted octanol–water partition coefficient (Wildman–Crippen LogP) is 1.78. The standard InChI is InChI=1S/C19H29FN2O3/c1-14-4-5-17(9-18(14)20)19(24)22-11-15(8-16(12-22)13-23)10-21(2)6-7-25-3/h4-5,9,15-16,23H,6-8,10-13H2,1-3H3/t15-,16-/m1/s1. The van der Waals surface area contributed by atoms with Crippen molar-refractivity contribution in [2.24, 2.45) is 11.8 Å². The average molecular weight is 352 g/mol. The number of ether oxygens (including phenoxy) is 1. The van der Waals surface area contributed by atoms with Gasteiger partial charge in [-0.05, 0) is 49.9 Å². The van der Waals surface area contributed by atoms with E-state index in [4.69, 9.17) is 4.74 Å². The van der Waals surface area contributed by atoms with E-state index in [1.807, 2.05) is 7.05 Å². The van der Waals surface area contributed by atoms with Crippen molar-refractivity contribution >= 4 is 5.91 Å². The monoisotopic (exact) mass is 352 g/mol. The summed E-state index contributed by atoms with van der Waals surface area (Å²) >= 11 is 0. The second kappa shape index (κ2) is 9.27. The van der Waals surface area contributed by atoms with Gasteiger partial charge in [0.25, 0.3) is 5.91 Å². The Morgan fingerprint density at radius 3 is 2.76 bits per heavy atom. The van der Waals surface area contributed by atoms with Gasteiger partial charge in [0.15, 0.2) is 0 Å². The maximum absolute atomic E-state index is 13.8. The summed E-state index contributed by atoms with van der Waals surface area (Å²) in [5.74, 6) is -0.181. The highest BCUT2D eigenvalue weighted by atomic mass is 19.1. The van der Waals surface area contributed by atoms with E-state index in [9.17, 15) is 14.3 Å². The number of halogens is 1. The summed E-state index contributed by atoms with van der Waals surface area (Å²) < 4.78 is 18.9. The lowest BCUT2D eigenvalue weighted by molar-refractivity contribution is 0.0450. The molecule has 2 atom stereocenters. The summed E-state index contributed by atoms with van der Waals surface area (Å²) in [5, 5.41) is 9.60. The lowest BCUT2D eigenvalue weighted by atomic mass is 9.88. The number of carbonyl (C=O) groups is 1. The van der Waals surface area contributed by atoms with Gasteiger partial charge >= 0.3 is 0 Å². The molecule has 1 aliphatic rings. The number of aryl methyl sites for hydroxylation is 1. The molecule has 2 rings (SSSR count). The number of amides is 1. The van der Waals surface area contributed by atoms with Crippen LogP contribution in [-0.4, -0.2) is 74.4 Å². The Morgan fingerprint density at radius 2 is 2.12 bits per heavy atom. The van der Waals surface area contributed by atoms with E-state index in [0.29, 0.717) is 30.8 Å². The highest BCUT2D eigenvalue weighted by Crippen LogP contribution is 2.24. The third kappa shape index (κ3) is 5.49. The van der Waals surface area contributed by atoms with Gasteiger partial charge in [0, 0.05) is 45.5 Å². The molecular formula is C19H29FN2O3. The molecule has 1 saturated heterocycles. The second-order valence-corrected chi connectivity index (χ2v) is 7.08. The Kier molecular flexibility index (Phi) is 7.35. The van der Waals surface area contributed by atoms with Crippen molar-refractivity contribution in [1.29, 1.82) is 0 Å². The molecule has 0 saturated carbocycles. The molecule has 5 nitrogen and oxygen atoms in total. The van der Waals surface area contributed by atoms with E-state index in [1.165, 1.54) is 6.07 Å². The maximum atomic E-state index is 13.8. The van der Waals surface area contributed by atoms with E-state index in [2.05, 4.69) is 4.90 Å². The van der Waals surface area contributed by atoms with Crippen molar-refractivity contribution in [2.75, 3.05) is 53.6 Å². The van der Waals surface area contributed by atoms with Crippen LogP contribution in [0.15, 0.2) is 18.2 Å². The number of carbonyl (C=O) groups excluding carboxylic acids is 1. The van der Waals surface area contributed by atoms with Crippen LogP contribution >= 0.6 is 0 Å². The number of hydrogen-bond acceptors (Lipinski definition) is 4. The minimum absolute atomic E-state index is 0.0598. The van der Waals surface area contributed by atoms with Gasteiger partial charge in [0.05, 0.1) is 6.61 Å². The number of piperidine rings is 1. The smallest absolute Gasteiger partial charge is 0.253 e. The predicted molar refractivity (Wildman–Crippen MR) is 95.1 cm³/mol. The topological polar surface area (TPSA) is 53.0 Å². The Balaban J connectivity index is 2.05. The number of rotatable bonds is 7. The van der Waals surface area contributed by atoms with Crippen LogP contribution in [0.3, 0.4) is 0 Å². The van der Waals surface area contributed by atoms with Crippen molar-refractivity contribution in [3.8, 4) is 0 Å². The number of likely N-dealkylation sites (N-methyl/N-ethyl adjacent to an activating group) is 1. The molecule has 1 aromatic rings. The van der Waals surface area contributed by atoms with Gasteiger partial charge in [-0.15, -0.1) is 0 Å². The Morgan fingerprint density at radius 1 is 1.40 bits per heavy atom. The number of nitrogens with zero attached hydrogens (tertiary/aromatic N) is 2. The Bertz CT molecular complexity index is 582. The zero-order valence-electron chi connectivity index (χ0n) is 15.4. The largest absolute Gasteiger partial charge is 0.396 e. The van der Waals surface area contributed by atoms with Crippen molar-refractivity contribution in [3.05, 3.63) is 35.1 Å². The van der Waals surface area contributed by atoms with Crippen molar-refractivity contribution < 1.29 is 19.0 Å². The molecule has 0 aliphatic carbocycles. The van der Waals surface area contributed by atoms with Gasteiger partial charge in [0.2, 0.25) is 0 Å². The molecule has 6 heteroatoms. The number of aliphatic hydroxyl groups is 1. The fraction of sp³-hybridized carbons (Fsp3) is 0.632. The molecular weight excluding hydrogens is 323 g/mol. The maximum Gasteiger partial charge on any atom is 0.253 e. The summed E-state index contributed by atoms with van der Waals surface area (Å²) in [6, 6.07) is 4.61. The summed E-state index contributed by atoms with van der Waals surface area (Å²) in [6.45, 7) is 5.21. The molecule has 1 N–H and O–H groups in total. The third-order valence-corrected chi connectivity index (χ3v) is 4.84. The molecule has 1 fully saturated rings. The summed E-state index contributed by atoms with van der Waals surface area (Å²) in [7, 11) is 3.71. The van der Waals surface area contributed by atoms with Crippen LogP contribution in [0.5, 0.6) is 0 Å². The minimum atomic E-state index is -0.364. The number of methoxy groups -OCH3 is 1. The highest BCUT2D eigenvalue weighted by molar-refractivity contribution is 5.94. The highest BCUT2D eigenvalue weighted by Gasteiger charge is 2.30. The van der Waals surface area contributed by atoms with E-state index < -0.39 is 0 Å². The molecule has 140 valence electrons. The van der Waals surface area contributed by atoms with Crippen LogP contribution in [0.25, 0.3) is 0 Å². The number of benzene rings is 1. The Labute approximate surface area is 149 Å². The average Bonchev–Trinajstić information content (AvgIpc) is 2.61. The van der Waals surface area contributed by atoms with Crippen LogP contribution in [-0.2, 0) is 4.74 Å². The number of likely N-dealkylation sites (tertiary alicyclic amines) is 1. The van der Waals surface area contributed by atoms with E-state index in [1.54, 1.807) is 31.1 Å². The zero-order chi connectivity index (χ0) is 18.4. The van der Waals surface area contributed by atoms with Crippen LogP contribution in [0.4, 0.5) is 4.39 Å². The Hall–Kier alpha value is -1.50. The lowest BCUT2D eigenvalue weighted by Gasteiger charge is -2.38. The molecule has 0 unspecified atom stereocenters. The fourth-order valence-electron chi connectivity index (χ4n) is 3.44. The quantitative estimate of drug-likeness (QED) is 0.813. The van der Waals surface area contributed by atoms with Crippen molar-refractivity contribution in [3.63, 3.8) is 0 Å². The van der Waals surface area contributed by atoms with E-state index in [-0.39, 0.29) is 30.2 Å². The molecule has 0 radical (unpaired) electrons. The first kappa shape index (κ1) is 19.8.